The van der Waals surface area contributed by atoms with Gasteiger partial charge in [-0.25, -0.2) is 0 Å². The van der Waals surface area contributed by atoms with E-state index in [1.807, 2.05) is 0 Å². The molecule has 0 radical (unpaired) electrons. The van der Waals surface area contributed by atoms with Crippen LogP contribution in [0.25, 0.3) is 0 Å². The molecule has 1 aliphatic rings. The highest BCUT2D eigenvalue weighted by Crippen LogP contribution is 2.33. The molecule has 1 saturated carbocycles. The van der Waals surface area contributed by atoms with Crippen LogP contribution in [-0.2, 0) is 11.2 Å². The fraction of sp³-hybridized carbons (Fsp3) is 0.600. The lowest BCUT2D eigenvalue weighted by atomic mass is 10.1. The van der Waals surface area contributed by atoms with E-state index in [2.05, 4.69) is 30.0 Å². The van der Waals surface area contributed by atoms with E-state index in [-0.39, 0.29) is 0 Å². The molecule has 0 unspecified atom stereocenters. The Bertz CT molecular complexity index is 388. The molecule has 0 aliphatic heterocycles. The first-order chi connectivity index (χ1) is 8.76. The van der Waals surface area contributed by atoms with Crippen LogP contribution in [0.2, 0.25) is 0 Å². The summed E-state index contributed by atoms with van der Waals surface area (Å²) in [6, 6.07) is 7.41. The molecule has 0 atom stereocenters. The average Bonchev–Trinajstić information content (AvgIpc) is 3.17. The smallest absolute Gasteiger partial charge is 0.0637 e. The lowest BCUT2D eigenvalue weighted by Gasteiger charge is -2.27. The maximum atomic E-state index is 5.73. The van der Waals surface area contributed by atoms with Crippen LogP contribution >= 0.6 is 0 Å². The zero-order valence-corrected chi connectivity index (χ0v) is 11.5. The van der Waals surface area contributed by atoms with Gasteiger partial charge in [-0.05, 0) is 44.4 Å². The van der Waals surface area contributed by atoms with Crippen molar-refractivity contribution in [2.24, 2.45) is 5.73 Å². The number of anilines is 1. The number of methoxy groups -OCH3 is 1. The van der Waals surface area contributed by atoms with Gasteiger partial charge in [-0.15, -0.1) is 0 Å². The SMILES string of the molecule is COCCN(c1ccc(C)cc1CCN)C1CC1. The Morgan fingerprint density at radius 3 is 2.78 bits per heavy atom. The fourth-order valence-corrected chi connectivity index (χ4v) is 2.43. The predicted octanol–water partition coefficient (Wildman–Crippen LogP) is 2.11. The van der Waals surface area contributed by atoms with Gasteiger partial charge in [0.1, 0.15) is 0 Å². The lowest BCUT2D eigenvalue weighted by Crippen LogP contribution is -2.30. The summed E-state index contributed by atoms with van der Waals surface area (Å²) < 4.78 is 5.23. The summed E-state index contributed by atoms with van der Waals surface area (Å²) in [7, 11) is 1.76. The molecule has 18 heavy (non-hydrogen) atoms. The molecule has 0 heterocycles. The Morgan fingerprint density at radius 1 is 1.39 bits per heavy atom. The van der Waals surface area contributed by atoms with Crippen LogP contribution in [-0.4, -0.2) is 32.8 Å². The van der Waals surface area contributed by atoms with Gasteiger partial charge in [0.25, 0.3) is 0 Å². The molecule has 1 aromatic rings. The molecule has 1 fully saturated rings. The normalized spacial score (nSPS) is 14.8. The van der Waals surface area contributed by atoms with Gasteiger partial charge in [-0.3, -0.25) is 0 Å². The number of hydrogen-bond donors (Lipinski definition) is 1. The van der Waals surface area contributed by atoms with Crippen LogP contribution in [0, 0.1) is 6.92 Å². The number of aryl methyl sites for hydroxylation is 1. The Labute approximate surface area is 110 Å². The number of nitrogens with two attached hydrogens (primary N) is 1. The molecule has 100 valence electrons. The first-order valence-electron chi connectivity index (χ1n) is 6.81. The van der Waals surface area contributed by atoms with Gasteiger partial charge in [-0.2, -0.15) is 0 Å². The van der Waals surface area contributed by atoms with E-state index >= 15 is 0 Å². The van der Waals surface area contributed by atoms with E-state index in [4.69, 9.17) is 10.5 Å². The highest BCUT2D eigenvalue weighted by molar-refractivity contribution is 5.56. The standard InChI is InChI=1S/C15H24N2O/c1-12-3-6-15(13(11-12)7-8-16)17(9-10-18-2)14-4-5-14/h3,6,11,14H,4-5,7-10,16H2,1-2H3. The molecule has 1 aliphatic carbocycles. The summed E-state index contributed by atoms with van der Waals surface area (Å²) in [6.45, 7) is 4.61. The third-order valence-electron chi connectivity index (χ3n) is 3.48. The van der Waals surface area contributed by atoms with Crippen molar-refractivity contribution in [1.82, 2.24) is 0 Å². The average molecular weight is 248 g/mol. The van der Waals surface area contributed by atoms with Gasteiger partial charge in [0.15, 0.2) is 0 Å². The van der Waals surface area contributed by atoms with Crippen molar-refractivity contribution in [3.05, 3.63) is 29.3 Å². The summed E-state index contributed by atoms with van der Waals surface area (Å²) in [5.74, 6) is 0. The molecule has 0 bridgehead atoms. The maximum Gasteiger partial charge on any atom is 0.0637 e. The van der Waals surface area contributed by atoms with Crippen molar-refractivity contribution in [3.63, 3.8) is 0 Å². The number of nitrogens with zero attached hydrogens (tertiary/aromatic N) is 1. The number of ether oxygens (including phenoxy) is 1. The van der Waals surface area contributed by atoms with Gasteiger partial charge >= 0.3 is 0 Å². The van der Waals surface area contributed by atoms with Crippen LogP contribution in [0.3, 0.4) is 0 Å². The second kappa shape index (κ2) is 6.21. The molecule has 0 saturated heterocycles. The Hall–Kier alpha value is -1.06. The van der Waals surface area contributed by atoms with Crippen LogP contribution in [0.1, 0.15) is 24.0 Å². The molecule has 0 aromatic heterocycles. The zero-order chi connectivity index (χ0) is 13.0. The van der Waals surface area contributed by atoms with E-state index < -0.39 is 0 Å². The quantitative estimate of drug-likeness (QED) is 0.803. The summed E-state index contributed by atoms with van der Waals surface area (Å²) in [5.41, 5.74) is 9.77. The van der Waals surface area contributed by atoms with Crippen molar-refractivity contribution in [2.45, 2.75) is 32.2 Å². The van der Waals surface area contributed by atoms with Crippen LogP contribution in [0.5, 0.6) is 0 Å². The molecular weight excluding hydrogens is 224 g/mol. The Morgan fingerprint density at radius 2 is 2.17 bits per heavy atom. The van der Waals surface area contributed by atoms with Crippen LogP contribution in [0.4, 0.5) is 5.69 Å². The monoisotopic (exact) mass is 248 g/mol. The van der Waals surface area contributed by atoms with E-state index in [1.54, 1.807) is 7.11 Å². The van der Waals surface area contributed by atoms with Crippen molar-refractivity contribution < 1.29 is 4.74 Å². The third kappa shape index (κ3) is 3.24. The predicted molar refractivity (Wildman–Crippen MR) is 76.2 cm³/mol. The van der Waals surface area contributed by atoms with E-state index in [1.165, 1.54) is 29.7 Å². The van der Waals surface area contributed by atoms with Gasteiger partial charge in [-0.1, -0.05) is 17.7 Å². The molecule has 3 nitrogen and oxygen atoms in total. The van der Waals surface area contributed by atoms with Crippen LogP contribution in [0.15, 0.2) is 18.2 Å². The summed E-state index contributed by atoms with van der Waals surface area (Å²) >= 11 is 0. The van der Waals surface area contributed by atoms with Crippen molar-refractivity contribution in [1.29, 1.82) is 0 Å². The molecule has 0 spiro atoms. The minimum absolute atomic E-state index is 0.708. The zero-order valence-electron chi connectivity index (χ0n) is 11.5. The fourth-order valence-electron chi connectivity index (χ4n) is 2.43. The second-order valence-electron chi connectivity index (χ2n) is 5.09. The highest BCUT2D eigenvalue weighted by Gasteiger charge is 2.29. The third-order valence-corrected chi connectivity index (χ3v) is 3.48. The Balaban J connectivity index is 2.21. The van der Waals surface area contributed by atoms with E-state index in [9.17, 15) is 0 Å². The molecule has 2 N–H and O–H groups in total. The highest BCUT2D eigenvalue weighted by atomic mass is 16.5. The number of benzene rings is 1. The van der Waals surface area contributed by atoms with Crippen LogP contribution < -0.4 is 10.6 Å². The van der Waals surface area contributed by atoms with Crippen molar-refractivity contribution in [2.75, 3.05) is 31.7 Å². The Kier molecular flexibility index (Phi) is 4.61. The number of rotatable bonds is 7. The molecule has 0 amide bonds. The largest absolute Gasteiger partial charge is 0.383 e. The van der Waals surface area contributed by atoms with Gasteiger partial charge in [0.2, 0.25) is 0 Å². The topological polar surface area (TPSA) is 38.5 Å². The summed E-state index contributed by atoms with van der Waals surface area (Å²) in [4.78, 5) is 2.49. The molecule has 1 aromatic carbocycles. The van der Waals surface area contributed by atoms with E-state index in [0.717, 1.165) is 19.6 Å². The van der Waals surface area contributed by atoms with Gasteiger partial charge < -0.3 is 15.4 Å². The van der Waals surface area contributed by atoms with Gasteiger partial charge in [0.05, 0.1) is 6.61 Å². The maximum absolute atomic E-state index is 5.73. The van der Waals surface area contributed by atoms with Gasteiger partial charge in [0, 0.05) is 25.4 Å². The summed E-state index contributed by atoms with van der Waals surface area (Å²) in [5, 5.41) is 0. The lowest BCUT2D eigenvalue weighted by molar-refractivity contribution is 0.205. The minimum Gasteiger partial charge on any atom is -0.383 e. The van der Waals surface area contributed by atoms with Crippen molar-refractivity contribution in [3.8, 4) is 0 Å². The first kappa shape index (κ1) is 13.4. The number of hydrogen-bond acceptors (Lipinski definition) is 3. The molecule has 2 rings (SSSR count). The summed E-state index contributed by atoms with van der Waals surface area (Å²) in [6.07, 6.45) is 3.56. The minimum atomic E-state index is 0.708. The molecule has 3 heteroatoms. The van der Waals surface area contributed by atoms with Crippen molar-refractivity contribution >= 4 is 5.69 Å². The second-order valence-corrected chi connectivity index (χ2v) is 5.09. The first-order valence-corrected chi connectivity index (χ1v) is 6.81. The van der Waals surface area contributed by atoms with E-state index in [0.29, 0.717) is 12.6 Å². The molecular formula is C15H24N2O.